The van der Waals surface area contributed by atoms with Gasteiger partial charge in [-0.05, 0) is 25.7 Å². The summed E-state index contributed by atoms with van der Waals surface area (Å²) in [5.74, 6) is 0. The third-order valence-electron chi connectivity index (χ3n) is 3.59. The molecule has 5 nitrogen and oxygen atoms in total. The molecule has 1 fully saturated rings. The van der Waals surface area contributed by atoms with Crippen LogP contribution in [0.1, 0.15) is 44.7 Å². The lowest BCUT2D eigenvalue weighted by Crippen LogP contribution is -2.44. The Bertz CT molecular complexity index is 366. The summed E-state index contributed by atoms with van der Waals surface area (Å²) in [4.78, 5) is 0. The van der Waals surface area contributed by atoms with E-state index in [0.29, 0.717) is 0 Å². The topological polar surface area (TPSA) is 60.2 Å². The van der Waals surface area contributed by atoms with Crippen molar-refractivity contribution >= 4 is 0 Å². The van der Waals surface area contributed by atoms with E-state index in [2.05, 4.69) is 17.2 Å². The first kappa shape index (κ1) is 12.5. The molecule has 17 heavy (non-hydrogen) atoms. The van der Waals surface area contributed by atoms with Crippen LogP contribution >= 0.6 is 0 Å². The molecule has 1 N–H and O–H groups in total. The smallest absolute Gasteiger partial charge is 0.134 e. The Balaban J connectivity index is 2.31. The maximum Gasteiger partial charge on any atom is 0.134 e. The molecule has 0 bridgehead atoms. The standard InChI is InChI=1S/C12H21N3O2/c1-3-8-15-10(9-13-14-15)12(16)7-5-4-6-11(12)17-2/h9,11,16H,3-8H2,1-2H3. The highest BCUT2D eigenvalue weighted by Gasteiger charge is 2.43. The Labute approximate surface area is 102 Å². The number of ether oxygens (including phenoxy) is 1. The van der Waals surface area contributed by atoms with Crippen molar-refractivity contribution in [1.29, 1.82) is 0 Å². The first-order valence-electron chi connectivity index (χ1n) is 6.36. The second-order valence-corrected chi connectivity index (χ2v) is 4.74. The number of hydrogen-bond donors (Lipinski definition) is 1. The number of aliphatic hydroxyl groups is 1. The molecule has 1 aliphatic rings. The minimum atomic E-state index is -0.925. The van der Waals surface area contributed by atoms with Gasteiger partial charge in [0.05, 0.1) is 18.0 Å². The van der Waals surface area contributed by atoms with Gasteiger partial charge in [0.2, 0.25) is 0 Å². The molecule has 0 aromatic carbocycles. The first-order chi connectivity index (χ1) is 8.22. The number of nitrogens with zero attached hydrogens (tertiary/aromatic N) is 3. The van der Waals surface area contributed by atoms with Gasteiger partial charge in [0.25, 0.3) is 0 Å². The van der Waals surface area contributed by atoms with Crippen molar-refractivity contribution in [2.24, 2.45) is 0 Å². The second-order valence-electron chi connectivity index (χ2n) is 4.74. The molecule has 2 atom stereocenters. The fourth-order valence-corrected chi connectivity index (χ4v) is 2.70. The number of rotatable bonds is 4. The van der Waals surface area contributed by atoms with E-state index in [1.54, 1.807) is 18.0 Å². The van der Waals surface area contributed by atoms with Gasteiger partial charge in [0, 0.05) is 13.7 Å². The van der Waals surface area contributed by atoms with Gasteiger partial charge >= 0.3 is 0 Å². The fourth-order valence-electron chi connectivity index (χ4n) is 2.70. The summed E-state index contributed by atoms with van der Waals surface area (Å²) in [6, 6.07) is 0. The normalized spacial score (nSPS) is 29.5. The Hall–Kier alpha value is -0.940. The average Bonchev–Trinajstić information content (AvgIpc) is 2.79. The fraction of sp³-hybridized carbons (Fsp3) is 0.833. The third-order valence-corrected chi connectivity index (χ3v) is 3.59. The molecule has 2 unspecified atom stereocenters. The predicted molar refractivity (Wildman–Crippen MR) is 63.5 cm³/mol. The first-order valence-corrected chi connectivity index (χ1v) is 6.36. The summed E-state index contributed by atoms with van der Waals surface area (Å²) >= 11 is 0. The van der Waals surface area contributed by atoms with Crippen LogP contribution in [-0.2, 0) is 16.9 Å². The van der Waals surface area contributed by atoms with E-state index in [0.717, 1.165) is 44.3 Å². The molecule has 1 aromatic heterocycles. The van der Waals surface area contributed by atoms with E-state index in [4.69, 9.17) is 4.74 Å². The second kappa shape index (κ2) is 5.14. The number of hydrogen-bond acceptors (Lipinski definition) is 4. The van der Waals surface area contributed by atoms with Crippen molar-refractivity contribution < 1.29 is 9.84 Å². The molecule has 5 heteroatoms. The van der Waals surface area contributed by atoms with Gasteiger partial charge in [-0.25, -0.2) is 4.68 Å². The minimum Gasteiger partial charge on any atom is -0.381 e. The summed E-state index contributed by atoms with van der Waals surface area (Å²) in [5.41, 5.74) is -0.128. The van der Waals surface area contributed by atoms with Crippen LogP contribution in [0, 0.1) is 0 Å². The van der Waals surface area contributed by atoms with E-state index in [-0.39, 0.29) is 6.10 Å². The van der Waals surface area contributed by atoms with Gasteiger partial charge in [-0.3, -0.25) is 0 Å². The molecule has 0 aliphatic heterocycles. The zero-order valence-electron chi connectivity index (χ0n) is 10.6. The summed E-state index contributed by atoms with van der Waals surface area (Å²) in [6.07, 6.45) is 6.25. The maximum absolute atomic E-state index is 10.9. The lowest BCUT2D eigenvalue weighted by molar-refractivity contribution is -0.127. The lowest BCUT2D eigenvalue weighted by Gasteiger charge is -2.38. The maximum atomic E-state index is 10.9. The van der Waals surface area contributed by atoms with Crippen molar-refractivity contribution in [2.45, 2.75) is 57.3 Å². The lowest BCUT2D eigenvalue weighted by atomic mass is 9.80. The van der Waals surface area contributed by atoms with E-state index in [1.165, 1.54) is 0 Å². The molecule has 96 valence electrons. The molecule has 1 aliphatic carbocycles. The molecule has 1 aromatic rings. The molecule has 0 radical (unpaired) electrons. The van der Waals surface area contributed by atoms with E-state index < -0.39 is 5.60 Å². The van der Waals surface area contributed by atoms with Crippen LogP contribution < -0.4 is 0 Å². The Kier molecular flexibility index (Phi) is 3.79. The largest absolute Gasteiger partial charge is 0.381 e. The quantitative estimate of drug-likeness (QED) is 0.864. The Morgan fingerprint density at radius 3 is 3.12 bits per heavy atom. The third kappa shape index (κ3) is 2.21. The molecular weight excluding hydrogens is 218 g/mol. The van der Waals surface area contributed by atoms with E-state index in [9.17, 15) is 5.11 Å². The highest BCUT2D eigenvalue weighted by Crippen LogP contribution is 2.38. The van der Waals surface area contributed by atoms with E-state index >= 15 is 0 Å². The summed E-state index contributed by atoms with van der Waals surface area (Å²) in [6.45, 7) is 2.87. The van der Waals surface area contributed by atoms with E-state index in [1.807, 2.05) is 0 Å². The van der Waals surface area contributed by atoms with Crippen LogP contribution in [0.25, 0.3) is 0 Å². The van der Waals surface area contributed by atoms with Gasteiger partial charge in [-0.15, -0.1) is 5.10 Å². The zero-order valence-corrected chi connectivity index (χ0v) is 10.6. The number of aryl methyl sites for hydroxylation is 1. The Morgan fingerprint density at radius 2 is 2.41 bits per heavy atom. The van der Waals surface area contributed by atoms with Crippen LogP contribution in [0.5, 0.6) is 0 Å². The van der Waals surface area contributed by atoms with Gasteiger partial charge in [-0.1, -0.05) is 18.6 Å². The molecular formula is C12H21N3O2. The van der Waals surface area contributed by atoms with Crippen molar-refractivity contribution in [3.05, 3.63) is 11.9 Å². The highest BCUT2D eigenvalue weighted by atomic mass is 16.5. The molecule has 0 spiro atoms. The molecule has 0 saturated heterocycles. The van der Waals surface area contributed by atoms with Crippen LogP contribution in [0.2, 0.25) is 0 Å². The Morgan fingerprint density at radius 1 is 1.59 bits per heavy atom. The number of aromatic nitrogens is 3. The van der Waals surface area contributed by atoms with Gasteiger partial charge in [-0.2, -0.15) is 0 Å². The van der Waals surface area contributed by atoms with Crippen LogP contribution in [0.4, 0.5) is 0 Å². The van der Waals surface area contributed by atoms with Gasteiger partial charge in [0.1, 0.15) is 5.60 Å². The average molecular weight is 239 g/mol. The summed E-state index contributed by atoms with van der Waals surface area (Å²) in [5, 5.41) is 18.8. The zero-order chi connectivity index (χ0) is 12.3. The predicted octanol–water partition coefficient (Wildman–Crippen LogP) is 1.46. The number of methoxy groups -OCH3 is 1. The van der Waals surface area contributed by atoms with Gasteiger partial charge < -0.3 is 9.84 Å². The van der Waals surface area contributed by atoms with Crippen LogP contribution in [0.3, 0.4) is 0 Å². The van der Waals surface area contributed by atoms with Crippen molar-refractivity contribution in [3.63, 3.8) is 0 Å². The van der Waals surface area contributed by atoms with Crippen LogP contribution in [0.15, 0.2) is 6.20 Å². The SMILES string of the molecule is CCCn1nncc1C1(O)CCCCC1OC. The molecule has 1 saturated carbocycles. The molecule has 2 rings (SSSR count). The monoisotopic (exact) mass is 239 g/mol. The van der Waals surface area contributed by atoms with Crippen molar-refractivity contribution in [3.8, 4) is 0 Å². The van der Waals surface area contributed by atoms with Crippen molar-refractivity contribution in [2.75, 3.05) is 7.11 Å². The molecule has 1 heterocycles. The van der Waals surface area contributed by atoms with Crippen LogP contribution in [-0.4, -0.2) is 33.3 Å². The summed E-state index contributed by atoms with van der Waals surface area (Å²) < 4.78 is 7.25. The minimum absolute atomic E-state index is 0.148. The van der Waals surface area contributed by atoms with Crippen molar-refractivity contribution in [1.82, 2.24) is 15.0 Å². The molecule has 0 amide bonds. The summed E-state index contributed by atoms with van der Waals surface area (Å²) in [7, 11) is 1.66. The highest BCUT2D eigenvalue weighted by molar-refractivity contribution is 5.12. The van der Waals surface area contributed by atoms with Gasteiger partial charge in [0.15, 0.2) is 0 Å².